The van der Waals surface area contributed by atoms with Crippen molar-refractivity contribution in [2.45, 2.75) is 26.3 Å². The predicted molar refractivity (Wildman–Crippen MR) is 118 cm³/mol. The summed E-state index contributed by atoms with van der Waals surface area (Å²) in [7, 11) is 0. The summed E-state index contributed by atoms with van der Waals surface area (Å²) in [5.74, 6) is -0.0823. The first-order valence-electron chi connectivity index (χ1n) is 8.93. The molecule has 0 aliphatic carbocycles. The third-order valence-electron chi connectivity index (χ3n) is 4.69. The standard InChI is InChI=1S/C21H20ClN3OS.ClH/c1-13-21(27-19(24-13)10-14-2-6-18(22)7-3-14)25-20(26)16-4-5-17-12-23-9-8-15(17)11-16;/h2-7,11,23H,8-10,12H2,1H3,(H,25,26);1H. The highest BCUT2D eigenvalue weighted by Gasteiger charge is 2.15. The second kappa shape index (κ2) is 9.05. The van der Waals surface area contributed by atoms with E-state index in [0.29, 0.717) is 5.56 Å². The molecule has 2 aromatic carbocycles. The van der Waals surface area contributed by atoms with Crippen LogP contribution in [0.15, 0.2) is 42.5 Å². The molecule has 4 rings (SSSR count). The Morgan fingerprint density at radius 2 is 2.00 bits per heavy atom. The highest BCUT2D eigenvalue weighted by molar-refractivity contribution is 7.16. The van der Waals surface area contributed by atoms with Gasteiger partial charge in [0.05, 0.1) is 10.7 Å². The van der Waals surface area contributed by atoms with Crippen molar-refractivity contribution in [3.8, 4) is 0 Å². The Morgan fingerprint density at radius 1 is 1.21 bits per heavy atom. The third kappa shape index (κ3) is 4.73. The van der Waals surface area contributed by atoms with Crippen LogP contribution in [0.4, 0.5) is 5.00 Å². The fourth-order valence-electron chi connectivity index (χ4n) is 3.21. The van der Waals surface area contributed by atoms with E-state index in [2.05, 4.69) is 15.6 Å². The van der Waals surface area contributed by atoms with Gasteiger partial charge < -0.3 is 10.6 Å². The van der Waals surface area contributed by atoms with Crippen LogP contribution in [-0.4, -0.2) is 17.4 Å². The average molecular weight is 434 g/mol. The Morgan fingerprint density at radius 3 is 2.79 bits per heavy atom. The SMILES string of the molecule is Cc1nc(Cc2ccc(Cl)cc2)sc1NC(=O)c1ccc2c(c1)CCNC2.Cl. The molecule has 146 valence electrons. The Hall–Kier alpha value is -1.92. The smallest absolute Gasteiger partial charge is 0.256 e. The van der Waals surface area contributed by atoms with E-state index in [0.717, 1.165) is 52.2 Å². The normalized spacial score (nSPS) is 12.8. The van der Waals surface area contributed by atoms with Gasteiger partial charge in [-0.2, -0.15) is 0 Å². The number of nitrogens with zero attached hydrogens (tertiary/aromatic N) is 1. The first kappa shape index (κ1) is 20.8. The van der Waals surface area contributed by atoms with Crippen molar-refractivity contribution < 1.29 is 4.79 Å². The van der Waals surface area contributed by atoms with E-state index in [-0.39, 0.29) is 18.3 Å². The topological polar surface area (TPSA) is 54.0 Å². The molecule has 1 aliphatic heterocycles. The minimum atomic E-state index is -0.0823. The molecule has 0 saturated carbocycles. The summed E-state index contributed by atoms with van der Waals surface area (Å²) in [6, 6.07) is 13.7. The van der Waals surface area contributed by atoms with E-state index >= 15 is 0 Å². The molecule has 2 heterocycles. The number of aromatic nitrogens is 1. The zero-order valence-corrected chi connectivity index (χ0v) is 17.8. The molecular weight excluding hydrogens is 413 g/mol. The number of anilines is 1. The van der Waals surface area contributed by atoms with Crippen LogP contribution in [0.2, 0.25) is 5.02 Å². The van der Waals surface area contributed by atoms with E-state index in [9.17, 15) is 4.79 Å². The minimum absolute atomic E-state index is 0. The molecule has 1 amide bonds. The molecule has 0 atom stereocenters. The molecule has 1 aromatic heterocycles. The number of nitrogens with one attached hydrogen (secondary N) is 2. The molecule has 1 aliphatic rings. The molecule has 28 heavy (non-hydrogen) atoms. The summed E-state index contributed by atoms with van der Waals surface area (Å²) in [6.07, 6.45) is 1.69. The predicted octanol–water partition coefficient (Wildman–Crippen LogP) is 5.02. The lowest BCUT2D eigenvalue weighted by Gasteiger charge is -2.17. The number of halogens is 2. The van der Waals surface area contributed by atoms with Crippen molar-refractivity contribution in [1.82, 2.24) is 10.3 Å². The van der Waals surface area contributed by atoms with E-state index in [1.54, 1.807) is 0 Å². The molecule has 0 unspecified atom stereocenters. The minimum Gasteiger partial charge on any atom is -0.312 e. The van der Waals surface area contributed by atoms with Crippen LogP contribution in [-0.2, 0) is 19.4 Å². The second-order valence-electron chi connectivity index (χ2n) is 6.69. The van der Waals surface area contributed by atoms with Gasteiger partial charge in [-0.05, 0) is 60.8 Å². The molecular formula is C21H21Cl2N3OS. The Balaban J connectivity index is 0.00000225. The first-order valence-corrected chi connectivity index (χ1v) is 10.1. The van der Waals surface area contributed by atoms with Crippen molar-refractivity contribution in [3.05, 3.63) is 80.4 Å². The number of amides is 1. The lowest BCUT2D eigenvalue weighted by Crippen LogP contribution is -2.24. The lowest BCUT2D eigenvalue weighted by molar-refractivity contribution is 0.102. The van der Waals surface area contributed by atoms with Gasteiger partial charge in [0.2, 0.25) is 0 Å². The zero-order chi connectivity index (χ0) is 18.8. The largest absolute Gasteiger partial charge is 0.312 e. The Bertz CT molecular complexity index is 986. The summed E-state index contributed by atoms with van der Waals surface area (Å²) in [5, 5.41) is 8.88. The van der Waals surface area contributed by atoms with Gasteiger partial charge in [0.25, 0.3) is 5.91 Å². The zero-order valence-electron chi connectivity index (χ0n) is 15.4. The Labute approximate surface area is 179 Å². The van der Waals surface area contributed by atoms with Crippen LogP contribution in [0.5, 0.6) is 0 Å². The summed E-state index contributed by atoms with van der Waals surface area (Å²) in [4.78, 5) is 17.3. The molecule has 0 bridgehead atoms. The van der Waals surface area contributed by atoms with Gasteiger partial charge in [0.1, 0.15) is 5.00 Å². The third-order valence-corrected chi connectivity index (χ3v) is 6.02. The summed E-state index contributed by atoms with van der Waals surface area (Å²) in [6.45, 7) is 3.76. The number of carbonyl (C=O) groups is 1. The van der Waals surface area contributed by atoms with E-state index in [1.807, 2.05) is 49.4 Å². The first-order chi connectivity index (χ1) is 13.1. The van der Waals surface area contributed by atoms with E-state index < -0.39 is 0 Å². The number of hydrogen-bond acceptors (Lipinski definition) is 4. The molecule has 0 saturated heterocycles. The fraction of sp³-hybridized carbons (Fsp3) is 0.238. The van der Waals surface area contributed by atoms with E-state index in [4.69, 9.17) is 11.6 Å². The maximum absolute atomic E-state index is 12.7. The number of aryl methyl sites for hydroxylation is 1. The van der Waals surface area contributed by atoms with Crippen LogP contribution in [0.1, 0.15) is 37.7 Å². The van der Waals surface area contributed by atoms with Gasteiger partial charge in [-0.25, -0.2) is 4.98 Å². The fourth-order valence-corrected chi connectivity index (χ4v) is 4.33. The van der Waals surface area contributed by atoms with Crippen LogP contribution in [0.25, 0.3) is 0 Å². The van der Waals surface area contributed by atoms with Crippen LogP contribution in [0.3, 0.4) is 0 Å². The molecule has 0 fully saturated rings. The van der Waals surface area contributed by atoms with Crippen molar-refractivity contribution >= 4 is 46.3 Å². The number of thiazole rings is 1. The molecule has 4 nitrogen and oxygen atoms in total. The van der Waals surface area contributed by atoms with Crippen LogP contribution >= 0.6 is 35.3 Å². The van der Waals surface area contributed by atoms with Crippen molar-refractivity contribution in [1.29, 1.82) is 0 Å². The van der Waals surface area contributed by atoms with Crippen LogP contribution < -0.4 is 10.6 Å². The van der Waals surface area contributed by atoms with Crippen molar-refractivity contribution in [2.75, 3.05) is 11.9 Å². The molecule has 0 radical (unpaired) electrons. The number of rotatable bonds is 4. The maximum atomic E-state index is 12.7. The molecule has 2 N–H and O–H groups in total. The Kier molecular flexibility index (Phi) is 6.73. The number of carbonyl (C=O) groups excluding carboxylic acids is 1. The molecule has 7 heteroatoms. The second-order valence-corrected chi connectivity index (χ2v) is 8.21. The number of fused-ring (bicyclic) bond motifs is 1. The van der Waals surface area contributed by atoms with Gasteiger partial charge >= 0.3 is 0 Å². The maximum Gasteiger partial charge on any atom is 0.256 e. The lowest BCUT2D eigenvalue weighted by atomic mass is 9.98. The van der Waals surface area contributed by atoms with Gasteiger partial charge in [-0.15, -0.1) is 23.7 Å². The molecule has 3 aromatic rings. The number of hydrogen-bond donors (Lipinski definition) is 2. The summed E-state index contributed by atoms with van der Waals surface area (Å²) < 4.78 is 0. The summed E-state index contributed by atoms with van der Waals surface area (Å²) >= 11 is 7.46. The average Bonchev–Trinajstić information content (AvgIpc) is 3.02. The monoisotopic (exact) mass is 433 g/mol. The van der Waals surface area contributed by atoms with Crippen LogP contribution in [0, 0.1) is 6.92 Å². The van der Waals surface area contributed by atoms with Crippen molar-refractivity contribution in [3.63, 3.8) is 0 Å². The molecule has 0 spiro atoms. The number of benzene rings is 2. The highest BCUT2D eigenvalue weighted by atomic mass is 35.5. The quantitative estimate of drug-likeness (QED) is 0.607. The van der Waals surface area contributed by atoms with E-state index in [1.165, 1.54) is 22.5 Å². The van der Waals surface area contributed by atoms with Crippen molar-refractivity contribution in [2.24, 2.45) is 0 Å². The van der Waals surface area contributed by atoms with Gasteiger partial charge in [0.15, 0.2) is 0 Å². The summed E-state index contributed by atoms with van der Waals surface area (Å²) in [5.41, 5.74) is 5.22. The van der Waals surface area contributed by atoms with Gasteiger partial charge in [-0.3, -0.25) is 4.79 Å². The van der Waals surface area contributed by atoms with Gasteiger partial charge in [0, 0.05) is 23.6 Å². The van der Waals surface area contributed by atoms with Gasteiger partial charge in [-0.1, -0.05) is 29.8 Å². The highest BCUT2D eigenvalue weighted by Crippen LogP contribution is 2.27.